The van der Waals surface area contributed by atoms with Gasteiger partial charge in [0.1, 0.15) is 6.54 Å². The van der Waals surface area contributed by atoms with Crippen LogP contribution in [0, 0.1) is 0 Å². The Morgan fingerprint density at radius 1 is 1.20 bits per heavy atom. The minimum absolute atomic E-state index is 0.218. The Labute approximate surface area is 122 Å². The molecule has 1 fully saturated rings. The van der Waals surface area contributed by atoms with Gasteiger partial charge < -0.3 is 4.74 Å². The van der Waals surface area contributed by atoms with E-state index >= 15 is 0 Å². The molecule has 1 rings (SSSR count). The van der Waals surface area contributed by atoms with Crippen molar-refractivity contribution in [3.63, 3.8) is 0 Å². The monoisotopic (exact) mass is 306 g/mol. The van der Waals surface area contributed by atoms with Crippen molar-refractivity contribution in [1.29, 1.82) is 0 Å². The molecule has 0 aliphatic carbocycles. The van der Waals surface area contributed by atoms with Gasteiger partial charge in [0.2, 0.25) is 0 Å². The number of esters is 1. The van der Waals surface area contributed by atoms with Crippen molar-refractivity contribution in [2.24, 2.45) is 0 Å². The van der Waals surface area contributed by atoms with Crippen LogP contribution in [0.15, 0.2) is 0 Å². The van der Waals surface area contributed by atoms with E-state index in [1.807, 2.05) is 0 Å². The normalized spacial score (nSPS) is 18.2. The van der Waals surface area contributed by atoms with Crippen LogP contribution in [0.1, 0.15) is 46.5 Å². The number of rotatable bonds is 6. The van der Waals surface area contributed by atoms with Gasteiger partial charge in [-0.15, -0.1) is 0 Å². The molecule has 1 heterocycles. The van der Waals surface area contributed by atoms with Gasteiger partial charge in [0, 0.05) is 19.1 Å². The zero-order valence-corrected chi connectivity index (χ0v) is 13.5. The molecular weight excluding hydrogens is 280 g/mol. The van der Waals surface area contributed by atoms with Gasteiger partial charge in [-0.05, 0) is 33.6 Å². The van der Waals surface area contributed by atoms with E-state index in [1.54, 1.807) is 20.8 Å². The highest BCUT2D eigenvalue weighted by Gasteiger charge is 2.33. The fraction of sp³-hybridized carbons (Fsp3) is 0.923. The summed E-state index contributed by atoms with van der Waals surface area (Å²) in [5.74, 6) is -0.500. The van der Waals surface area contributed by atoms with Crippen molar-refractivity contribution in [2.75, 3.05) is 26.2 Å². The Balaban J connectivity index is 2.84. The van der Waals surface area contributed by atoms with Crippen LogP contribution in [0.4, 0.5) is 0 Å². The average Bonchev–Trinajstić information content (AvgIpc) is 2.65. The van der Waals surface area contributed by atoms with E-state index in [1.165, 1.54) is 8.61 Å². The van der Waals surface area contributed by atoms with E-state index in [4.69, 9.17) is 4.74 Å². The SMILES string of the molecule is CCOC(=O)CN(C(C)C)S(=O)(=O)N1CCCCCC1. The number of ether oxygens (including phenoxy) is 1. The third kappa shape index (κ3) is 4.71. The van der Waals surface area contributed by atoms with Gasteiger partial charge in [-0.1, -0.05) is 12.8 Å². The Bertz CT molecular complexity index is 401. The van der Waals surface area contributed by atoms with Gasteiger partial charge in [-0.3, -0.25) is 4.79 Å². The van der Waals surface area contributed by atoms with Crippen molar-refractivity contribution >= 4 is 16.2 Å². The lowest BCUT2D eigenvalue weighted by Crippen LogP contribution is -2.49. The lowest BCUT2D eigenvalue weighted by atomic mass is 10.2. The summed E-state index contributed by atoms with van der Waals surface area (Å²) in [7, 11) is -3.59. The van der Waals surface area contributed by atoms with Crippen LogP contribution >= 0.6 is 0 Å². The first-order valence-corrected chi connectivity index (χ1v) is 8.71. The molecule has 0 saturated carbocycles. The first kappa shape index (κ1) is 17.4. The topological polar surface area (TPSA) is 66.9 Å². The Hall–Kier alpha value is -0.660. The minimum Gasteiger partial charge on any atom is -0.465 e. The lowest BCUT2D eigenvalue weighted by molar-refractivity contribution is -0.143. The van der Waals surface area contributed by atoms with Gasteiger partial charge in [0.05, 0.1) is 6.61 Å². The third-order valence-electron chi connectivity index (χ3n) is 3.35. The van der Waals surface area contributed by atoms with Crippen LogP contribution in [0.3, 0.4) is 0 Å². The third-order valence-corrected chi connectivity index (χ3v) is 5.52. The molecule has 0 spiro atoms. The number of hydrogen-bond donors (Lipinski definition) is 0. The summed E-state index contributed by atoms with van der Waals surface area (Å²) in [6.45, 7) is 6.37. The average molecular weight is 306 g/mol. The second-order valence-corrected chi connectivity index (χ2v) is 7.15. The van der Waals surface area contributed by atoms with Gasteiger partial charge in [0.15, 0.2) is 0 Å². The summed E-state index contributed by atoms with van der Waals surface area (Å²) >= 11 is 0. The van der Waals surface area contributed by atoms with E-state index in [9.17, 15) is 13.2 Å². The van der Waals surface area contributed by atoms with Crippen molar-refractivity contribution < 1.29 is 17.9 Å². The predicted octanol–water partition coefficient (Wildman–Crippen LogP) is 1.38. The van der Waals surface area contributed by atoms with Crippen LogP contribution in [-0.2, 0) is 19.7 Å². The number of carbonyl (C=O) groups is 1. The van der Waals surface area contributed by atoms with Crippen molar-refractivity contribution in [3.05, 3.63) is 0 Å². The summed E-state index contributed by atoms with van der Waals surface area (Å²) < 4.78 is 32.9. The molecule has 0 aromatic carbocycles. The maximum Gasteiger partial charge on any atom is 0.321 e. The predicted molar refractivity (Wildman–Crippen MR) is 77.4 cm³/mol. The van der Waals surface area contributed by atoms with Crippen molar-refractivity contribution in [3.8, 4) is 0 Å². The molecule has 0 atom stereocenters. The highest BCUT2D eigenvalue weighted by Crippen LogP contribution is 2.18. The van der Waals surface area contributed by atoms with Crippen LogP contribution in [0.5, 0.6) is 0 Å². The molecule has 0 amide bonds. The molecule has 6 nitrogen and oxygen atoms in total. The van der Waals surface area contributed by atoms with Crippen LogP contribution in [0.25, 0.3) is 0 Å². The molecule has 0 N–H and O–H groups in total. The highest BCUT2D eigenvalue weighted by molar-refractivity contribution is 7.86. The van der Waals surface area contributed by atoms with Crippen LogP contribution < -0.4 is 0 Å². The first-order valence-electron chi connectivity index (χ1n) is 7.32. The van der Waals surface area contributed by atoms with Crippen LogP contribution in [-0.4, -0.2) is 55.3 Å². The quantitative estimate of drug-likeness (QED) is 0.695. The van der Waals surface area contributed by atoms with E-state index in [0.717, 1.165) is 25.7 Å². The molecule has 0 unspecified atom stereocenters. The van der Waals surface area contributed by atoms with Gasteiger partial charge in [0.25, 0.3) is 10.2 Å². The molecular formula is C13H26N2O4S. The second kappa shape index (κ2) is 7.95. The second-order valence-electron chi connectivity index (χ2n) is 5.27. The molecule has 20 heavy (non-hydrogen) atoms. The molecule has 0 aromatic heterocycles. The Morgan fingerprint density at radius 2 is 1.75 bits per heavy atom. The maximum absolute atomic E-state index is 12.7. The van der Waals surface area contributed by atoms with E-state index in [2.05, 4.69) is 0 Å². The fourth-order valence-corrected chi connectivity index (χ4v) is 4.10. The van der Waals surface area contributed by atoms with E-state index < -0.39 is 16.2 Å². The summed E-state index contributed by atoms with van der Waals surface area (Å²) in [5.41, 5.74) is 0. The summed E-state index contributed by atoms with van der Waals surface area (Å²) in [6, 6.07) is -0.271. The standard InChI is InChI=1S/C13H26N2O4S/c1-4-19-13(16)11-15(12(2)3)20(17,18)14-9-7-5-6-8-10-14/h12H,4-11H2,1-3H3. The zero-order valence-electron chi connectivity index (χ0n) is 12.7. The molecule has 1 aliphatic heterocycles. The minimum atomic E-state index is -3.59. The fourth-order valence-electron chi connectivity index (χ4n) is 2.29. The molecule has 1 saturated heterocycles. The molecule has 0 radical (unpaired) electrons. The molecule has 1 aliphatic rings. The number of nitrogens with zero attached hydrogens (tertiary/aromatic N) is 2. The lowest BCUT2D eigenvalue weighted by Gasteiger charge is -2.31. The van der Waals surface area contributed by atoms with Crippen molar-refractivity contribution in [1.82, 2.24) is 8.61 Å². The van der Waals surface area contributed by atoms with E-state index in [0.29, 0.717) is 13.1 Å². The zero-order chi connectivity index (χ0) is 15.2. The molecule has 0 bridgehead atoms. The molecule has 0 aromatic rings. The Kier molecular flexibility index (Phi) is 6.91. The maximum atomic E-state index is 12.7. The van der Waals surface area contributed by atoms with Crippen molar-refractivity contribution in [2.45, 2.75) is 52.5 Å². The summed E-state index contributed by atoms with van der Waals surface area (Å²) in [5, 5.41) is 0. The number of hydrogen-bond acceptors (Lipinski definition) is 4. The highest BCUT2D eigenvalue weighted by atomic mass is 32.2. The molecule has 7 heteroatoms. The Morgan fingerprint density at radius 3 is 2.20 bits per heavy atom. The van der Waals surface area contributed by atoms with Gasteiger partial charge in [-0.25, -0.2) is 0 Å². The largest absolute Gasteiger partial charge is 0.465 e. The summed E-state index contributed by atoms with van der Waals surface area (Å²) in [4.78, 5) is 11.6. The molecule has 118 valence electrons. The number of carbonyl (C=O) groups excluding carboxylic acids is 1. The van der Waals surface area contributed by atoms with Gasteiger partial charge in [-0.2, -0.15) is 17.0 Å². The van der Waals surface area contributed by atoms with Crippen LogP contribution in [0.2, 0.25) is 0 Å². The first-order chi connectivity index (χ1) is 9.39. The summed E-state index contributed by atoms with van der Waals surface area (Å²) in [6.07, 6.45) is 3.88. The van der Waals surface area contributed by atoms with E-state index in [-0.39, 0.29) is 19.2 Å². The smallest absolute Gasteiger partial charge is 0.321 e. The van der Waals surface area contributed by atoms with Gasteiger partial charge >= 0.3 is 5.97 Å².